The summed E-state index contributed by atoms with van der Waals surface area (Å²) in [6.07, 6.45) is 3.63. The van der Waals surface area contributed by atoms with Crippen LogP contribution in [0.2, 0.25) is 0 Å². The maximum atomic E-state index is 11.2. The van der Waals surface area contributed by atoms with Crippen LogP contribution in [0, 0.1) is 12.8 Å². The highest BCUT2D eigenvalue weighted by Gasteiger charge is 2.29. The molecule has 2 rings (SSSR count). The largest absolute Gasteiger partial charge is 0.449 e. The third-order valence-corrected chi connectivity index (χ3v) is 2.06. The number of aryl methyl sites for hydroxylation is 1. The first-order chi connectivity index (χ1) is 6.25. The van der Waals surface area contributed by atoms with Gasteiger partial charge in [-0.2, -0.15) is 0 Å². The van der Waals surface area contributed by atoms with Gasteiger partial charge in [0.15, 0.2) is 5.89 Å². The van der Waals surface area contributed by atoms with E-state index < -0.39 is 0 Å². The van der Waals surface area contributed by atoms with E-state index >= 15 is 0 Å². The smallest absolute Gasteiger partial charge is 0.223 e. The second-order valence-electron chi connectivity index (χ2n) is 3.35. The third-order valence-electron chi connectivity index (χ3n) is 2.06. The molecule has 1 aliphatic rings. The van der Waals surface area contributed by atoms with E-state index in [1.807, 2.05) is 0 Å². The maximum Gasteiger partial charge on any atom is 0.223 e. The Balaban J connectivity index is 1.81. The van der Waals surface area contributed by atoms with Gasteiger partial charge >= 0.3 is 0 Å². The predicted octanol–water partition coefficient (Wildman–Crippen LogP) is 1.01. The van der Waals surface area contributed by atoms with Crippen molar-refractivity contribution in [1.82, 2.24) is 10.3 Å². The Morgan fingerprint density at radius 1 is 1.77 bits per heavy atom. The van der Waals surface area contributed by atoms with E-state index in [0.29, 0.717) is 12.4 Å². The van der Waals surface area contributed by atoms with Crippen LogP contribution in [0.5, 0.6) is 0 Å². The number of nitrogens with zero attached hydrogens (tertiary/aromatic N) is 1. The molecule has 0 unspecified atom stereocenters. The standard InChI is InChI=1S/C9H12N2O2/c1-6-11-8(5-13-6)4-10-9(12)7-2-3-7/h5,7H,2-4H2,1H3,(H,10,12). The van der Waals surface area contributed by atoms with Crippen LogP contribution in [-0.4, -0.2) is 10.9 Å². The van der Waals surface area contributed by atoms with Gasteiger partial charge in [-0.25, -0.2) is 4.98 Å². The van der Waals surface area contributed by atoms with Gasteiger partial charge < -0.3 is 9.73 Å². The number of carbonyl (C=O) groups excluding carboxylic acids is 1. The Bertz CT molecular complexity index is 315. The van der Waals surface area contributed by atoms with E-state index in [1.165, 1.54) is 0 Å². The van der Waals surface area contributed by atoms with Crippen molar-refractivity contribution in [1.29, 1.82) is 0 Å². The summed E-state index contributed by atoms with van der Waals surface area (Å²) in [7, 11) is 0. The van der Waals surface area contributed by atoms with Gasteiger partial charge in [-0.05, 0) is 12.8 Å². The van der Waals surface area contributed by atoms with E-state index in [2.05, 4.69) is 10.3 Å². The van der Waals surface area contributed by atoms with Crippen molar-refractivity contribution in [2.75, 3.05) is 0 Å². The molecule has 4 heteroatoms. The summed E-state index contributed by atoms with van der Waals surface area (Å²) >= 11 is 0. The fourth-order valence-corrected chi connectivity index (χ4v) is 1.16. The molecule has 0 radical (unpaired) electrons. The lowest BCUT2D eigenvalue weighted by atomic mass is 10.4. The van der Waals surface area contributed by atoms with Crippen LogP contribution >= 0.6 is 0 Å². The van der Waals surface area contributed by atoms with E-state index in [-0.39, 0.29) is 11.8 Å². The van der Waals surface area contributed by atoms with Crippen LogP contribution in [0.15, 0.2) is 10.7 Å². The minimum absolute atomic E-state index is 0.139. The number of hydrogen-bond acceptors (Lipinski definition) is 3. The number of nitrogens with one attached hydrogen (secondary N) is 1. The van der Waals surface area contributed by atoms with Crippen LogP contribution in [0.1, 0.15) is 24.4 Å². The maximum absolute atomic E-state index is 11.2. The van der Waals surface area contributed by atoms with Gasteiger partial charge in [0.1, 0.15) is 6.26 Å². The van der Waals surface area contributed by atoms with E-state index in [1.54, 1.807) is 13.2 Å². The van der Waals surface area contributed by atoms with E-state index in [0.717, 1.165) is 18.5 Å². The molecule has 1 amide bonds. The van der Waals surface area contributed by atoms with Crippen LogP contribution in [0.25, 0.3) is 0 Å². The fraction of sp³-hybridized carbons (Fsp3) is 0.556. The zero-order valence-corrected chi connectivity index (χ0v) is 7.54. The third kappa shape index (κ3) is 2.08. The average molecular weight is 180 g/mol. The molecule has 0 aliphatic heterocycles. The number of aromatic nitrogens is 1. The van der Waals surface area contributed by atoms with Crippen LogP contribution in [0.3, 0.4) is 0 Å². The Labute approximate surface area is 76.3 Å². The highest BCUT2D eigenvalue weighted by molar-refractivity contribution is 5.80. The molecule has 70 valence electrons. The van der Waals surface area contributed by atoms with Crippen molar-refractivity contribution in [2.45, 2.75) is 26.3 Å². The first-order valence-electron chi connectivity index (χ1n) is 4.44. The molecule has 4 nitrogen and oxygen atoms in total. The quantitative estimate of drug-likeness (QED) is 0.755. The molecule has 1 aromatic heterocycles. The molecule has 13 heavy (non-hydrogen) atoms. The molecule has 1 heterocycles. The minimum Gasteiger partial charge on any atom is -0.449 e. The highest BCUT2D eigenvalue weighted by Crippen LogP contribution is 2.28. The van der Waals surface area contributed by atoms with Gasteiger partial charge in [0.25, 0.3) is 0 Å². The molecule has 0 spiro atoms. The first-order valence-corrected chi connectivity index (χ1v) is 4.44. The van der Waals surface area contributed by atoms with Gasteiger partial charge in [0.2, 0.25) is 5.91 Å². The molecule has 0 bridgehead atoms. The molecule has 0 atom stereocenters. The summed E-state index contributed by atoms with van der Waals surface area (Å²) in [5.41, 5.74) is 0.784. The van der Waals surface area contributed by atoms with Crippen molar-refractivity contribution in [3.63, 3.8) is 0 Å². The van der Waals surface area contributed by atoms with Crippen molar-refractivity contribution in [2.24, 2.45) is 5.92 Å². The Hall–Kier alpha value is -1.32. The second kappa shape index (κ2) is 3.20. The number of carbonyl (C=O) groups is 1. The van der Waals surface area contributed by atoms with Crippen molar-refractivity contribution < 1.29 is 9.21 Å². The lowest BCUT2D eigenvalue weighted by Gasteiger charge is -1.99. The van der Waals surface area contributed by atoms with Gasteiger partial charge in [-0.1, -0.05) is 0 Å². The van der Waals surface area contributed by atoms with Crippen molar-refractivity contribution in [3.05, 3.63) is 17.8 Å². The summed E-state index contributed by atoms with van der Waals surface area (Å²) < 4.78 is 5.01. The summed E-state index contributed by atoms with van der Waals surface area (Å²) in [6, 6.07) is 0. The normalized spacial score (nSPS) is 15.8. The van der Waals surface area contributed by atoms with Crippen LogP contribution in [0.4, 0.5) is 0 Å². The monoisotopic (exact) mass is 180 g/mol. The van der Waals surface area contributed by atoms with Gasteiger partial charge in [0, 0.05) is 12.8 Å². The van der Waals surface area contributed by atoms with E-state index in [9.17, 15) is 4.79 Å². The van der Waals surface area contributed by atoms with E-state index in [4.69, 9.17) is 4.42 Å². The topological polar surface area (TPSA) is 55.1 Å². The number of rotatable bonds is 3. The Morgan fingerprint density at radius 3 is 3.08 bits per heavy atom. The average Bonchev–Trinajstić information content (AvgIpc) is 2.87. The molecule has 0 saturated heterocycles. The van der Waals surface area contributed by atoms with Gasteiger partial charge in [-0.15, -0.1) is 0 Å². The highest BCUT2D eigenvalue weighted by atomic mass is 16.3. The van der Waals surface area contributed by atoms with Crippen LogP contribution in [-0.2, 0) is 11.3 Å². The van der Waals surface area contributed by atoms with Gasteiger partial charge in [-0.3, -0.25) is 4.79 Å². The molecular weight excluding hydrogens is 168 g/mol. The predicted molar refractivity (Wildman–Crippen MR) is 45.8 cm³/mol. The van der Waals surface area contributed by atoms with Crippen molar-refractivity contribution in [3.8, 4) is 0 Å². The van der Waals surface area contributed by atoms with Crippen LogP contribution < -0.4 is 5.32 Å². The Kier molecular flexibility index (Phi) is 2.04. The molecule has 1 saturated carbocycles. The number of hydrogen-bond donors (Lipinski definition) is 1. The molecule has 1 aromatic rings. The Morgan fingerprint density at radius 2 is 2.54 bits per heavy atom. The zero-order chi connectivity index (χ0) is 9.26. The SMILES string of the molecule is Cc1nc(CNC(=O)C2CC2)co1. The molecule has 1 fully saturated rings. The zero-order valence-electron chi connectivity index (χ0n) is 7.54. The lowest BCUT2D eigenvalue weighted by Crippen LogP contribution is -2.24. The summed E-state index contributed by atoms with van der Waals surface area (Å²) in [5.74, 6) is 1.03. The summed E-state index contributed by atoms with van der Waals surface area (Å²) in [6.45, 7) is 2.26. The lowest BCUT2D eigenvalue weighted by molar-refractivity contribution is -0.122. The van der Waals surface area contributed by atoms with Crippen molar-refractivity contribution >= 4 is 5.91 Å². The summed E-state index contributed by atoms with van der Waals surface area (Å²) in [5, 5.41) is 2.81. The van der Waals surface area contributed by atoms with Gasteiger partial charge in [0.05, 0.1) is 12.2 Å². The molecule has 1 aliphatic carbocycles. The fourth-order valence-electron chi connectivity index (χ4n) is 1.16. The molecule has 0 aromatic carbocycles. The molecule has 1 N–H and O–H groups in total. The number of amides is 1. The number of oxazole rings is 1. The second-order valence-corrected chi connectivity index (χ2v) is 3.35. The first kappa shape index (κ1) is 8.29. The minimum atomic E-state index is 0.139. The summed E-state index contributed by atoms with van der Waals surface area (Å²) in [4.78, 5) is 15.3. The molecular formula is C9H12N2O2.